The number of carbonyl (C=O) groups excluding carboxylic acids is 1. The van der Waals surface area contributed by atoms with Crippen molar-refractivity contribution in [1.82, 2.24) is 15.0 Å². The van der Waals surface area contributed by atoms with Crippen LogP contribution in [0.2, 0.25) is 0 Å². The number of aryl methyl sites for hydroxylation is 1. The third kappa shape index (κ3) is 4.04. The summed E-state index contributed by atoms with van der Waals surface area (Å²) in [5, 5.41) is 3.02. The van der Waals surface area contributed by atoms with Gasteiger partial charge in [-0.25, -0.2) is 4.79 Å². The highest BCUT2D eigenvalue weighted by Crippen LogP contribution is 2.18. The number of nitrogens with two attached hydrogens (primary N) is 2. The van der Waals surface area contributed by atoms with Gasteiger partial charge in [-0.05, 0) is 30.7 Å². The minimum Gasteiger partial charge on any atom is -0.454 e. The van der Waals surface area contributed by atoms with Gasteiger partial charge in [0.1, 0.15) is 0 Å². The summed E-state index contributed by atoms with van der Waals surface area (Å²) in [5.41, 5.74) is 13.9. The minimum absolute atomic E-state index is 0.0274. The number of benzene rings is 2. The number of nitrogen functional groups attached to an aromatic ring is 2. The number of ether oxygens (including phenoxy) is 1. The second-order valence-corrected chi connectivity index (χ2v) is 5.54. The SMILES string of the molecule is Cc1cccc(C(=O)OCc2nc(N)nc(Nc3ccccc3)n2)c1N. The van der Waals surface area contributed by atoms with E-state index in [-0.39, 0.29) is 24.3 Å². The van der Waals surface area contributed by atoms with Crippen molar-refractivity contribution in [2.24, 2.45) is 0 Å². The van der Waals surface area contributed by atoms with E-state index in [9.17, 15) is 4.79 Å². The largest absolute Gasteiger partial charge is 0.454 e. The van der Waals surface area contributed by atoms with Crippen LogP contribution in [0.4, 0.5) is 23.3 Å². The summed E-state index contributed by atoms with van der Waals surface area (Å²) >= 11 is 0. The van der Waals surface area contributed by atoms with E-state index in [1.807, 2.05) is 43.3 Å². The lowest BCUT2D eigenvalue weighted by molar-refractivity contribution is 0.0463. The second-order valence-electron chi connectivity index (χ2n) is 5.54. The molecule has 0 fully saturated rings. The fraction of sp³-hybridized carbons (Fsp3) is 0.111. The van der Waals surface area contributed by atoms with Gasteiger partial charge in [-0.1, -0.05) is 30.3 Å². The van der Waals surface area contributed by atoms with Gasteiger partial charge in [-0.15, -0.1) is 0 Å². The molecule has 1 heterocycles. The number of hydrogen-bond acceptors (Lipinski definition) is 8. The Labute approximate surface area is 150 Å². The Morgan fingerprint density at radius 3 is 2.58 bits per heavy atom. The summed E-state index contributed by atoms with van der Waals surface area (Å²) in [7, 11) is 0. The Morgan fingerprint density at radius 2 is 1.81 bits per heavy atom. The molecule has 0 atom stereocenters. The summed E-state index contributed by atoms with van der Waals surface area (Å²) in [6.45, 7) is 1.67. The van der Waals surface area contributed by atoms with Gasteiger partial charge in [0.2, 0.25) is 11.9 Å². The lowest BCUT2D eigenvalue weighted by Crippen LogP contribution is -2.12. The van der Waals surface area contributed by atoms with Crippen LogP contribution in [0.25, 0.3) is 0 Å². The number of rotatable bonds is 5. The zero-order valence-corrected chi connectivity index (χ0v) is 14.1. The van der Waals surface area contributed by atoms with Crippen molar-refractivity contribution in [3.8, 4) is 0 Å². The molecule has 5 N–H and O–H groups in total. The Bertz CT molecular complexity index is 930. The highest BCUT2D eigenvalue weighted by molar-refractivity contribution is 5.95. The summed E-state index contributed by atoms with van der Waals surface area (Å²) in [4.78, 5) is 24.5. The molecule has 8 nitrogen and oxygen atoms in total. The molecule has 3 rings (SSSR count). The van der Waals surface area contributed by atoms with Gasteiger partial charge in [0.25, 0.3) is 0 Å². The second kappa shape index (κ2) is 7.47. The molecule has 0 radical (unpaired) electrons. The molecule has 0 saturated carbocycles. The van der Waals surface area contributed by atoms with Crippen molar-refractivity contribution in [2.75, 3.05) is 16.8 Å². The number of carbonyl (C=O) groups is 1. The van der Waals surface area contributed by atoms with Crippen LogP contribution in [-0.2, 0) is 11.3 Å². The maximum absolute atomic E-state index is 12.2. The fourth-order valence-electron chi connectivity index (χ4n) is 2.28. The first-order valence-electron chi connectivity index (χ1n) is 7.87. The predicted octanol–water partition coefficient (Wildman–Crippen LogP) is 2.45. The molecule has 8 heteroatoms. The molecule has 2 aromatic carbocycles. The van der Waals surface area contributed by atoms with E-state index in [1.54, 1.807) is 12.1 Å². The Balaban J connectivity index is 1.72. The van der Waals surface area contributed by atoms with E-state index in [0.29, 0.717) is 11.3 Å². The van der Waals surface area contributed by atoms with E-state index in [4.69, 9.17) is 16.2 Å². The van der Waals surface area contributed by atoms with Crippen LogP contribution < -0.4 is 16.8 Å². The first-order valence-corrected chi connectivity index (χ1v) is 7.87. The molecule has 0 amide bonds. The quantitative estimate of drug-likeness (QED) is 0.472. The fourth-order valence-corrected chi connectivity index (χ4v) is 2.28. The molecule has 3 aromatic rings. The molecule has 26 heavy (non-hydrogen) atoms. The van der Waals surface area contributed by atoms with Crippen molar-refractivity contribution in [2.45, 2.75) is 13.5 Å². The summed E-state index contributed by atoms with van der Waals surface area (Å²) in [6, 6.07) is 14.5. The third-order valence-corrected chi connectivity index (χ3v) is 3.61. The molecule has 0 unspecified atom stereocenters. The Morgan fingerprint density at radius 1 is 1.04 bits per heavy atom. The van der Waals surface area contributed by atoms with Gasteiger partial charge < -0.3 is 21.5 Å². The van der Waals surface area contributed by atoms with Gasteiger partial charge >= 0.3 is 5.97 Å². The van der Waals surface area contributed by atoms with Crippen molar-refractivity contribution in [3.63, 3.8) is 0 Å². The smallest absolute Gasteiger partial charge is 0.340 e. The lowest BCUT2D eigenvalue weighted by Gasteiger charge is -2.09. The number of esters is 1. The molecule has 0 bridgehead atoms. The van der Waals surface area contributed by atoms with Crippen LogP contribution in [0.1, 0.15) is 21.7 Å². The predicted molar refractivity (Wildman–Crippen MR) is 98.7 cm³/mol. The average molecular weight is 350 g/mol. The number of para-hydroxylation sites is 2. The third-order valence-electron chi connectivity index (χ3n) is 3.61. The number of nitrogens with one attached hydrogen (secondary N) is 1. The van der Waals surface area contributed by atoms with Crippen molar-refractivity contribution in [3.05, 3.63) is 65.5 Å². The zero-order valence-electron chi connectivity index (χ0n) is 14.1. The summed E-state index contributed by atoms with van der Waals surface area (Å²) < 4.78 is 5.26. The normalized spacial score (nSPS) is 10.3. The molecule has 0 aliphatic heterocycles. The van der Waals surface area contributed by atoms with Crippen LogP contribution in [0.5, 0.6) is 0 Å². The van der Waals surface area contributed by atoms with Crippen LogP contribution in [0, 0.1) is 6.92 Å². The molecule has 0 aliphatic carbocycles. The van der Waals surface area contributed by atoms with E-state index in [2.05, 4.69) is 20.3 Å². The van der Waals surface area contributed by atoms with Gasteiger partial charge in [-0.3, -0.25) is 0 Å². The monoisotopic (exact) mass is 350 g/mol. The Kier molecular flexibility index (Phi) is 4.93. The first-order chi connectivity index (χ1) is 12.5. The summed E-state index contributed by atoms with van der Waals surface area (Å²) in [5.74, 6) is -0.0253. The van der Waals surface area contributed by atoms with Gasteiger partial charge in [0.05, 0.1) is 5.56 Å². The van der Waals surface area contributed by atoms with E-state index in [0.717, 1.165) is 11.3 Å². The van der Waals surface area contributed by atoms with E-state index >= 15 is 0 Å². The number of hydrogen-bond donors (Lipinski definition) is 3. The van der Waals surface area contributed by atoms with Crippen molar-refractivity contribution < 1.29 is 9.53 Å². The van der Waals surface area contributed by atoms with E-state index < -0.39 is 5.97 Å². The number of aromatic nitrogens is 3. The molecule has 0 spiro atoms. The highest BCUT2D eigenvalue weighted by Gasteiger charge is 2.14. The number of anilines is 4. The molecule has 0 saturated heterocycles. The maximum Gasteiger partial charge on any atom is 0.340 e. The highest BCUT2D eigenvalue weighted by atomic mass is 16.5. The summed E-state index contributed by atoms with van der Waals surface area (Å²) in [6.07, 6.45) is 0. The van der Waals surface area contributed by atoms with Gasteiger partial charge in [-0.2, -0.15) is 15.0 Å². The zero-order chi connectivity index (χ0) is 18.5. The molecule has 132 valence electrons. The molecule has 1 aromatic heterocycles. The molecule has 0 aliphatic rings. The topological polar surface area (TPSA) is 129 Å². The van der Waals surface area contributed by atoms with Crippen molar-refractivity contribution >= 4 is 29.2 Å². The standard InChI is InChI=1S/C18H18N6O2/c1-11-6-5-9-13(15(11)19)16(25)26-10-14-22-17(20)24-18(23-14)21-12-7-3-2-4-8-12/h2-9H,10,19H2,1H3,(H3,20,21,22,23,24). The van der Waals surface area contributed by atoms with Gasteiger partial charge in [0.15, 0.2) is 12.4 Å². The maximum atomic E-state index is 12.2. The van der Waals surface area contributed by atoms with Gasteiger partial charge in [0, 0.05) is 11.4 Å². The van der Waals surface area contributed by atoms with Crippen LogP contribution in [-0.4, -0.2) is 20.9 Å². The lowest BCUT2D eigenvalue weighted by atomic mass is 10.1. The number of nitrogens with zero attached hydrogens (tertiary/aromatic N) is 3. The van der Waals surface area contributed by atoms with Crippen LogP contribution >= 0.6 is 0 Å². The average Bonchev–Trinajstić information content (AvgIpc) is 2.62. The minimum atomic E-state index is -0.553. The first kappa shape index (κ1) is 17.2. The van der Waals surface area contributed by atoms with Crippen molar-refractivity contribution in [1.29, 1.82) is 0 Å². The molecular weight excluding hydrogens is 332 g/mol. The van der Waals surface area contributed by atoms with E-state index in [1.165, 1.54) is 0 Å². The Hall–Kier alpha value is -3.68. The van der Waals surface area contributed by atoms with Crippen LogP contribution in [0.15, 0.2) is 48.5 Å². The van der Waals surface area contributed by atoms with Crippen LogP contribution in [0.3, 0.4) is 0 Å². The molecular formula is C18H18N6O2.